The molecule has 2 amide bonds. The highest BCUT2D eigenvalue weighted by molar-refractivity contribution is 5.99. The van der Waals surface area contributed by atoms with E-state index in [1.54, 1.807) is 12.0 Å². The van der Waals surface area contributed by atoms with Crippen LogP contribution in [0, 0.1) is 12.8 Å². The predicted molar refractivity (Wildman–Crippen MR) is 117 cm³/mol. The molecule has 1 fully saturated rings. The Morgan fingerprint density at radius 3 is 2.70 bits per heavy atom. The topological polar surface area (TPSA) is 71.5 Å². The number of para-hydroxylation sites is 1. The number of amides is 2. The number of carbonyl (C=O) groups is 2. The average molecular weight is 403 g/mol. The Hall–Kier alpha value is -3.41. The van der Waals surface area contributed by atoms with E-state index in [2.05, 4.69) is 10.3 Å². The van der Waals surface area contributed by atoms with Gasteiger partial charge < -0.3 is 15.0 Å². The van der Waals surface area contributed by atoms with Gasteiger partial charge in [-0.1, -0.05) is 18.2 Å². The molecule has 0 aliphatic carbocycles. The van der Waals surface area contributed by atoms with Gasteiger partial charge in [-0.3, -0.25) is 14.6 Å². The first-order chi connectivity index (χ1) is 14.5. The van der Waals surface area contributed by atoms with Crippen LogP contribution in [-0.2, 0) is 4.79 Å². The van der Waals surface area contributed by atoms with Crippen LogP contribution in [0.3, 0.4) is 0 Å². The van der Waals surface area contributed by atoms with E-state index in [9.17, 15) is 9.59 Å². The number of pyridine rings is 1. The van der Waals surface area contributed by atoms with Gasteiger partial charge in [-0.05, 0) is 50.1 Å². The molecule has 4 rings (SSSR count). The van der Waals surface area contributed by atoms with Crippen LogP contribution in [0.5, 0.6) is 5.75 Å². The first kappa shape index (κ1) is 19.9. The minimum atomic E-state index is -0.221. The molecule has 154 valence electrons. The second-order valence-corrected chi connectivity index (χ2v) is 7.63. The predicted octanol–water partition coefficient (Wildman–Crippen LogP) is 4.04. The molecule has 0 spiro atoms. The molecule has 6 nitrogen and oxygen atoms in total. The standard InChI is InChI=1S/C24H25N3O3/c1-16-21(13-17-10-11-20(30-2)14-22(17)25-16)24(29)27-12-6-7-18(15-27)23(28)26-19-8-4-3-5-9-19/h3-5,8-11,13-14,18H,6-7,12,15H2,1-2H3,(H,26,28). The van der Waals surface area contributed by atoms with Crippen LogP contribution in [-0.4, -0.2) is 41.9 Å². The average Bonchev–Trinajstić information content (AvgIpc) is 2.78. The maximum atomic E-state index is 13.2. The zero-order chi connectivity index (χ0) is 21.1. The summed E-state index contributed by atoms with van der Waals surface area (Å²) in [5, 5.41) is 3.85. The number of carbonyl (C=O) groups excluding carboxylic acids is 2. The Labute approximate surface area is 175 Å². The molecular weight excluding hydrogens is 378 g/mol. The molecule has 0 radical (unpaired) electrons. The molecule has 0 bridgehead atoms. The SMILES string of the molecule is COc1ccc2cc(C(=O)N3CCCC(C(=O)Nc4ccccc4)C3)c(C)nc2c1. The van der Waals surface area contributed by atoms with Crippen molar-refractivity contribution < 1.29 is 14.3 Å². The van der Waals surface area contributed by atoms with Crippen LogP contribution in [0.1, 0.15) is 28.9 Å². The fraction of sp³-hybridized carbons (Fsp3) is 0.292. The zero-order valence-electron chi connectivity index (χ0n) is 17.2. The Morgan fingerprint density at radius 2 is 1.93 bits per heavy atom. The molecule has 1 saturated heterocycles. The van der Waals surface area contributed by atoms with Crippen molar-refractivity contribution in [2.24, 2.45) is 5.92 Å². The van der Waals surface area contributed by atoms with E-state index in [0.29, 0.717) is 24.3 Å². The molecular formula is C24H25N3O3. The summed E-state index contributed by atoms with van der Waals surface area (Å²) < 4.78 is 5.26. The number of hydrogen-bond donors (Lipinski definition) is 1. The van der Waals surface area contributed by atoms with Crippen LogP contribution in [0.25, 0.3) is 10.9 Å². The molecule has 1 aliphatic heterocycles. The summed E-state index contributed by atoms with van der Waals surface area (Å²) >= 11 is 0. The number of fused-ring (bicyclic) bond motifs is 1. The fourth-order valence-electron chi connectivity index (χ4n) is 3.90. The lowest BCUT2D eigenvalue weighted by Gasteiger charge is -2.32. The Bertz CT molecular complexity index is 1080. The molecule has 1 N–H and O–H groups in total. The number of aromatic nitrogens is 1. The number of methoxy groups -OCH3 is 1. The van der Waals surface area contributed by atoms with E-state index in [4.69, 9.17) is 4.74 Å². The number of hydrogen-bond acceptors (Lipinski definition) is 4. The third kappa shape index (κ3) is 4.13. The van der Waals surface area contributed by atoms with Gasteiger partial charge in [0.05, 0.1) is 29.8 Å². The minimum Gasteiger partial charge on any atom is -0.497 e. The van der Waals surface area contributed by atoms with Gasteiger partial charge in [0.25, 0.3) is 5.91 Å². The second-order valence-electron chi connectivity index (χ2n) is 7.63. The van der Waals surface area contributed by atoms with E-state index in [1.165, 1.54) is 0 Å². The molecule has 1 aliphatic rings. The highest BCUT2D eigenvalue weighted by Gasteiger charge is 2.30. The lowest BCUT2D eigenvalue weighted by Crippen LogP contribution is -2.44. The van der Waals surface area contributed by atoms with Gasteiger partial charge >= 0.3 is 0 Å². The van der Waals surface area contributed by atoms with E-state index in [1.807, 2.05) is 61.5 Å². The quantitative estimate of drug-likeness (QED) is 0.714. The number of rotatable bonds is 4. The molecule has 6 heteroatoms. The number of likely N-dealkylation sites (tertiary alicyclic amines) is 1. The Balaban J connectivity index is 1.51. The number of piperidine rings is 1. The minimum absolute atomic E-state index is 0.0425. The van der Waals surface area contributed by atoms with E-state index in [-0.39, 0.29) is 17.7 Å². The normalized spacial score (nSPS) is 16.3. The van der Waals surface area contributed by atoms with Crippen molar-refractivity contribution in [2.75, 3.05) is 25.5 Å². The summed E-state index contributed by atoms with van der Waals surface area (Å²) in [6.45, 7) is 2.90. The van der Waals surface area contributed by atoms with Gasteiger partial charge in [-0.15, -0.1) is 0 Å². The first-order valence-electron chi connectivity index (χ1n) is 10.2. The van der Waals surface area contributed by atoms with Gasteiger partial charge in [0.2, 0.25) is 5.91 Å². The van der Waals surface area contributed by atoms with Gasteiger partial charge in [0.1, 0.15) is 5.75 Å². The molecule has 2 aromatic carbocycles. The largest absolute Gasteiger partial charge is 0.497 e. The van der Waals surface area contributed by atoms with Crippen LogP contribution in [0.15, 0.2) is 54.6 Å². The van der Waals surface area contributed by atoms with Gasteiger partial charge in [0, 0.05) is 30.2 Å². The number of nitrogens with one attached hydrogen (secondary N) is 1. The summed E-state index contributed by atoms with van der Waals surface area (Å²) in [7, 11) is 1.62. The van der Waals surface area contributed by atoms with Crippen molar-refractivity contribution in [3.8, 4) is 5.75 Å². The van der Waals surface area contributed by atoms with Crippen molar-refractivity contribution in [1.82, 2.24) is 9.88 Å². The molecule has 1 unspecified atom stereocenters. The van der Waals surface area contributed by atoms with Crippen molar-refractivity contribution in [3.63, 3.8) is 0 Å². The molecule has 3 aromatic rings. The highest BCUT2D eigenvalue weighted by Crippen LogP contribution is 2.25. The van der Waals surface area contributed by atoms with Crippen LogP contribution >= 0.6 is 0 Å². The Morgan fingerprint density at radius 1 is 1.13 bits per heavy atom. The Kier molecular flexibility index (Phi) is 5.65. The number of anilines is 1. The third-order valence-electron chi connectivity index (χ3n) is 5.57. The number of nitrogens with zero attached hydrogens (tertiary/aromatic N) is 2. The second kappa shape index (κ2) is 8.53. The zero-order valence-corrected chi connectivity index (χ0v) is 17.2. The summed E-state index contributed by atoms with van der Waals surface area (Å²) in [5.74, 6) is 0.395. The van der Waals surface area contributed by atoms with Gasteiger partial charge in [-0.2, -0.15) is 0 Å². The van der Waals surface area contributed by atoms with Crippen LogP contribution in [0.2, 0.25) is 0 Å². The van der Waals surface area contributed by atoms with Gasteiger partial charge in [-0.25, -0.2) is 0 Å². The van der Waals surface area contributed by atoms with Crippen molar-refractivity contribution in [1.29, 1.82) is 0 Å². The summed E-state index contributed by atoms with van der Waals surface area (Å²) in [6.07, 6.45) is 1.58. The number of ether oxygens (including phenoxy) is 1. The lowest BCUT2D eigenvalue weighted by molar-refractivity contribution is -0.121. The fourth-order valence-corrected chi connectivity index (χ4v) is 3.90. The maximum Gasteiger partial charge on any atom is 0.255 e. The monoisotopic (exact) mass is 403 g/mol. The van der Waals surface area contributed by atoms with Gasteiger partial charge in [0.15, 0.2) is 0 Å². The highest BCUT2D eigenvalue weighted by atomic mass is 16.5. The van der Waals surface area contributed by atoms with Crippen molar-refractivity contribution in [2.45, 2.75) is 19.8 Å². The van der Waals surface area contributed by atoms with E-state index in [0.717, 1.165) is 35.2 Å². The van der Waals surface area contributed by atoms with E-state index >= 15 is 0 Å². The van der Waals surface area contributed by atoms with E-state index < -0.39 is 0 Å². The molecule has 1 atom stereocenters. The van der Waals surface area contributed by atoms with Crippen molar-refractivity contribution >= 4 is 28.4 Å². The number of aryl methyl sites for hydroxylation is 1. The third-order valence-corrected chi connectivity index (χ3v) is 5.57. The molecule has 30 heavy (non-hydrogen) atoms. The summed E-state index contributed by atoms with van der Waals surface area (Å²) in [6, 6.07) is 16.9. The molecule has 0 saturated carbocycles. The smallest absolute Gasteiger partial charge is 0.255 e. The maximum absolute atomic E-state index is 13.2. The molecule has 1 aromatic heterocycles. The van der Waals surface area contributed by atoms with Crippen LogP contribution in [0.4, 0.5) is 5.69 Å². The number of benzene rings is 2. The lowest BCUT2D eigenvalue weighted by atomic mass is 9.96. The summed E-state index contributed by atoms with van der Waals surface area (Å²) in [4.78, 5) is 32.3. The molecule has 2 heterocycles. The van der Waals surface area contributed by atoms with Crippen molar-refractivity contribution in [3.05, 3.63) is 65.9 Å². The first-order valence-corrected chi connectivity index (χ1v) is 10.2. The summed E-state index contributed by atoms with van der Waals surface area (Å²) in [5.41, 5.74) is 2.83. The van der Waals surface area contributed by atoms with Crippen LogP contribution < -0.4 is 10.1 Å².